The van der Waals surface area contributed by atoms with Crippen molar-refractivity contribution in [3.8, 4) is 0 Å². The van der Waals surface area contributed by atoms with Crippen LogP contribution in [0.25, 0.3) is 0 Å². The zero-order valence-electron chi connectivity index (χ0n) is 12.3. The van der Waals surface area contributed by atoms with Crippen LogP contribution in [0.2, 0.25) is 0 Å². The van der Waals surface area contributed by atoms with Gasteiger partial charge in [0.15, 0.2) is 0 Å². The first kappa shape index (κ1) is 14.7. The standard InChI is InChI=1S/C14H28N2O/c1-13(2,3)12(17)7-8-16-10-9-15(6)14(4,5)11-16/h7-11H2,1-6H3. The average Bonchev–Trinajstić information content (AvgIpc) is 2.17. The highest BCUT2D eigenvalue weighted by atomic mass is 16.1. The summed E-state index contributed by atoms with van der Waals surface area (Å²) in [5, 5.41) is 0. The molecule has 0 aromatic carbocycles. The SMILES string of the molecule is CN1CCN(CCC(=O)C(C)(C)C)CC1(C)C. The van der Waals surface area contributed by atoms with E-state index >= 15 is 0 Å². The van der Waals surface area contributed by atoms with Crippen molar-refractivity contribution in [3.05, 3.63) is 0 Å². The molecular weight excluding hydrogens is 212 g/mol. The van der Waals surface area contributed by atoms with Crippen molar-refractivity contribution in [2.45, 2.75) is 46.6 Å². The van der Waals surface area contributed by atoms with E-state index in [9.17, 15) is 4.79 Å². The molecule has 17 heavy (non-hydrogen) atoms. The van der Waals surface area contributed by atoms with E-state index in [2.05, 4.69) is 30.7 Å². The predicted molar refractivity (Wildman–Crippen MR) is 72.2 cm³/mol. The molecule has 0 spiro atoms. The summed E-state index contributed by atoms with van der Waals surface area (Å²) in [7, 11) is 2.18. The fourth-order valence-corrected chi connectivity index (χ4v) is 2.17. The van der Waals surface area contributed by atoms with E-state index in [-0.39, 0.29) is 11.0 Å². The molecule has 1 aliphatic rings. The van der Waals surface area contributed by atoms with E-state index in [1.54, 1.807) is 0 Å². The minimum absolute atomic E-state index is 0.192. The van der Waals surface area contributed by atoms with Gasteiger partial charge in [-0.3, -0.25) is 14.6 Å². The van der Waals surface area contributed by atoms with Crippen LogP contribution in [0.1, 0.15) is 41.0 Å². The smallest absolute Gasteiger partial charge is 0.139 e. The van der Waals surface area contributed by atoms with Crippen LogP contribution in [0, 0.1) is 5.41 Å². The summed E-state index contributed by atoms with van der Waals surface area (Å²) in [6.45, 7) is 14.7. The van der Waals surface area contributed by atoms with Crippen LogP contribution in [0.3, 0.4) is 0 Å². The minimum atomic E-state index is -0.192. The lowest BCUT2D eigenvalue weighted by atomic mass is 9.88. The fourth-order valence-electron chi connectivity index (χ4n) is 2.17. The van der Waals surface area contributed by atoms with E-state index in [0.29, 0.717) is 12.2 Å². The monoisotopic (exact) mass is 240 g/mol. The highest BCUT2D eigenvalue weighted by Crippen LogP contribution is 2.21. The van der Waals surface area contributed by atoms with Crippen molar-refractivity contribution < 1.29 is 4.79 Å². The van der Waals surface area contributed by atoms with Crippen molar-refractivity contribution in [3.63, 3.8) is 0 Å². The molecule has 1 rings (SSSR count). The number of Topliss-reactive ketones (excluding diaryl/α,β-unsaturated/α-hetero) is 1. The largest absolute Gasteiger partial charge is 0.300 e. The first-order valence-electron chi connectivity index (χ1n) is 6.60. The second-order valence-corrected chi connectivity index (χ2v) is 6.93. The van der Waals surface area contributed by atoms with Crippen molar-refractivity contribution in [2.24, 2.45) is 5.41 Å². The predicted octanol–water partition coefficient (Wildman–Crippen LogP) is 2.02. The van der Waals surface area contributed by atoms with Gasteiger partial charge in [-0.25, -0.2) is 0 Å². The molecule has 1 fully saturated rings. The van der Waals surface area contributed by atoms with Gasteiger partial charge in [-0.2, -0.15) is 0 Å². The van der Waals surface area contributed by atoms with Gasteiger partial charge in [0.2, 0.25) is 0 Å². The molecule has 0 N–H and O–H groups in total. The minimum Gasteiger partial charge on any atom is -0.300 e. The van der Waals surface area contributed by atoms with Crippen LogP contribution in [-0.4, -0.2) is 54.3 Å². The normalized spacial score (nSPS) is 22.7. The molecule has 1 heterocycles. The third-order valence-corrected chi connectivity index (χ3v) is 3.89. The summed E-state index contributed by atoms with van der Waals surface area (Å²) < 4.78 is 0. The average molecular weight is 240 g/mol. The first-order valence-corrected chi connectivity index (χ1v) is 6.60. The topological polar surface area (TPSA) is 23.6 Å². The Balaban J connectivity index is 2.42. The lowest BCUT2D eigenvalue weighted by Gasteiger charge is -2.45. The van der Waals surface area contributed by atoms with Crippen LogP contribution in [0.4, 0.5) is 0 Å². The lowest BCUT2D eigenvalue weighted by Crippen LogP contribution is -2.57. The van der Waals surface area contributed by atoms with Crippen molar-refractivity contribution in [1.82, 2.24) is 9.80 Å². The lowest BCUT2D eigenvalue weighted by molar-refractivity contribution is -0.126. The van der Waals surface area contributed by atoms with Crippen molar-refractivity contribution in [1.29, 1.82) is 0 Å². The van der Waals surface area contributed by atoms with Gasteiger partial charge in [0.25, 0.3) is 0 Å². The van der Waals surface area contributed by atoms with Crippen LogP contribution < -0.4 is 0 Å². The molecule has 0 unspecified atom stereocenters. The van der Waals surface area contributed by atoms with Crippen LogP contribution in [0.15, 0.2) is 0 Å². The van der Waals surface area contributed by atoms with Crippen LogP contribution in [0.5, 0.6) is 0 Å². The molecule has 0 aliphatic carbocycles. The Morgan fingerprint density at radius 2 is 1.82 bits per heavy atom. The van der Waals surface area contributed by atoms with E-state index in [4.69, 9.17) is 0 Å². The Hall–Kier alpha value is -0.410. The van der Waals surface area contributed by atoms with Crippen molar-refractivity contribution >= 4 is 5.78 Å². The number of piperazine rings is 1. The van der Waals surface area contributed by atoms with Gasteiger partial charge < -0.3 is 0 Å². The molecule has 0 bridgehead atoms. The van der Waals surface area contributed by atoms with Crippen LogP contribution in [-0.2, 0) is 4.79 Å². The summed E-state index contributed by atoms with van der Waals surface area (Å²) in [5.74, 6) is 0.370. The molecule has 0 radical (unpaired) electrons. The number of carbonyl (C=O) groups excluding carboxylic acids is 1. The van der Waals surface area contributed by atoms with Gasteiger partial charge in [0.1, 0.15) is 5.78 Å². The summed E-state index contributed by atoms with van der Waals surface area (Å²) in [6, 6.07) is 0. The third kappa shape index (κ3) is 4.07. The highest BCUT2D eigenvalue weighted by Gasteiger charge is 2.31. The van der Waals surface area contributed by atoms with Gasteiger partial charge in [-0.05, 0) is 20.9 Å². The number of hydrogen-bond acceptors (Lipinski definition) is 3. The Morgan fingerprint density at radius 1 is 1.24 bits per heavy atom. The molecule has 1 saturated heterocycles. The second kappa shape index (κ2) is 5.07. The van der Waals surface area contributed by atoms with Gasteiger partial charge >= 0.3 is 0 Å². The fraction of sp³-hybridized carbons (Fsp3) is 0.929. The van der Waals surface area contributed by atoms with Crippen molar-refractivity contribution in [2.75, 3.05) is 33.2 Å². The van der Waals surface area contributed by atoms with Gasteiger partial charge in [0.05, 0.1) is 0 Å². The number of nitrogens with zero attached hydrogens (tertiary/aromatic N) is 2. The van der Waals surface area contributed by atoms with Gasteiger partial charge in [-0.15, -0.1) is 0 Å². The Bertz CT molecular complexity index is 278. The molecule has 3 heteroatoms. The summed E-state index contributed by atoms with van der Waals surface area (Å²) >= 11 is 0. The molecule has 0 atom stereocenters. The van der Waals surface area contributed by atoms with E-state index in [0.717, 1.165) is 26.2 Å². The van der Waals surface area contributed by atoms with Gasteiger partial charge in [0, 0.05) is 43.6 Å². The molecule has 3 nitrogen and oxygen atoms in total. The number of hydrogen-bond donors (Lipinski definition) is 0. The highest BCUT2D eigenvalue weighted by molar-refractivity contribution is 5.83. The molecule has 0 aromatic heterocycles. The number of ketones is 1. The maximum Gasteiger partial charge on any atom is 0.139 e. The van der Waals surface area contributed by atoms with E-state index in [1.165, 1.54) is 0 Å². The second-order valence-electron chi connectivity index (χ2n) is 6.93. The molecule has 0 saturated carbocycles. The third-order valence-electron chi connectivity index (χ3n) is 3.89. The van der Waals surface area contributed by atoms with E-state index < -0.39 is 0 Å². The first-order chi connectivity index (χ1) is 7.63. The summed E-state index contributed by atoms with van der Waals surface area (Å²) in [5.41, 5.74) is 0.0329. The molecule has 0 amide bonds. The van der Waals surface area contributed by atoms with Gasteiger partial charge in [-0.1, -0.05) is 20.8 Å². The molecular formula is C14H28N2O. The zero-order chi connectivity index (χ0) is 13.3. The van der Waals surface area contributed by atoms with Crippen LogP contribution >= 0.6 is 0 Å². The maximum absolute atomic E-state index is 11.9. The molecule has 0 aromatic rings. The maximum atomic E-state index is 11.9. The quantitative estimate of drug-likeness (QED) is 0.754. The Morgan fingerprint density at radius 3 is 2.29 bits per heavy atom. The molecule has 100 valence electrons. The van der Waals surface area contributed by atoms with E-state index in [1.807, 2.05) is 20.8 Å². The Kier molecular flexibility index (Phi) is 4.37. The summed E-state index contributed by atoms with van der Waals surface area (Å²) in [4.78, 5) is 16.7. The number of likely N-dealkylation sites (N-methyl/N-ethyl adjacent to an activating group) is 1. The number of carbonyl (C=O) groups is 1. The summed E-state index contributed by atoms with van der Waals surface area (Å²) in [6.07, 6.45) is 0.684. The zero-order valence-corrected chi connectivity index (χ0v) is 12.3. The molecule has 1 aliphatic heterocycles. The number of rotatable bonds is 3. The Labute approximate surface area is 106 Å².